The number of rotatable bonds is 4. The van der Waals surface area contributed by atoms with Crippen molar-refractivity contribution in [2.75, 3.05) is 19.6 Å². The second-order valence-corrected chi connectivity index (χ2v) is 6.68. The molecule has 0 bridgehead atoms. The highest BCUT2D eigenvalue weighted by Gasteiger charge is 2.45. The van der Waals surface area contributed by atoms with E-state index < -0.39 is 29.2 Å². The molecule has 122 valence electrons. The van der Waals surface area contributed by atoms with E-state index in [9.17, 15) is 19.8 Å². The van der Waals surface area contributed by atoms with Gasteiger partial charge in [0.05, 0.1) is 11.5 Å². The lowest BCUT2D eigenvalue weighted by atomic mass is 9.75. The fourth-order valence-corrected chi connectivity index (χ4v) is 2.58. The molecule has 0 aliphatic carbocycles. The molecule has 7 nitrogen and oxygen atoms in total. The SMILES string of the molecule is CC(C)(C)OC(=O)N1CCC[C@@](C[C@@H](O)CN)(C(=O)O)C1. The summed E-state index contributed by atoms with van der Waals surface area (Å²) in [4.78, 5) is 25.2. The predicted octanol–water partition coefficient (Wildman–Crippen LogP) is 0.798. The van der Waals surface area contributed by atoms with Crippen LogP contribution in [0, 0.1) is 5.41 Å². The fourth-order valence-electron chi connectivity index (χ4n) is 2.58. The number of hydrogen-bond acceptors (Lipinski definition) is 5. The van der Waals surface area contributed by atoms with Gasteiger partial charge in [0.2, 0.25) is 0 Å². The molecule has 4 N–H and O–H groups in total. The summed E-state index contributed by atoms with van der Waals surface area (Å²) in [5, 5.41) is 19.2. The molecular formula is C14H26N2O5. The quantitative estimate of drug-likeness (QED) is 0.708. The standard InChI is InChI=1S/C14H26N2O5/c1-13(2,3)21-12(20)16-6-4-5-14(9-16,11(18)19)7-10(17)8-15/h10,17H,4-9,15H2,1-3H3,(H,18,19)/t10-,14+/m1/s1. The first-order valence-electron chi connectivity index (χ1n) is 7.19. The van der Waals surface area contributed by atoms with Gasteiger partial charge in [-0.1, -0.05) is 0 Å². The number of carboxylic acid groups (broad SMARTS) is 1. The number of hydrogen-bond donors (Lipinski definition) is 3. The highest BCUT2D eigenvalue weighted by Crippen LogP contribution is 2.35. The van der Waals surface area contributed by atoms with Crippen LogP contribution in [0.3, 0.4) is 0 Å². The third kappa shape index (κ3) is 4.86. The fraction of sp³-hybridized carbons (Fsp3) is 0.857. The maximum absolute atomic E-state index is 12.1. The summed E-state index contributed by atoms with van der Waals surface area (Å²) in [6.07, 6.45) is -0.394. The van der Waals surface area contributed by atoms with Gasteiger partial charge in [0, 0.05) is 19.6 Å². The molecule has 1 rings (SSSR count). The Morgan fingerprint density at radius 3 is 2.52 bits per heavy atom. The Labute approximate surface area is 125 Å². The maximum Gasteiger partial charge on any atom is 0.410 e. The normalized spacial score (nSPS) is 24.5. The number of nitrogens with zero attached hydrogens (tertiary/aromatic N) is 1. The van der Waals surface area contributed by atoms with E-state index in [1.54, 1.807) is 20.8 Å². The Balaban J connectivity index is 2.84. The summed E-state index contributed by atoms with van der Waals surface area (Å²) < 4.78 is 5.29. The van der Waals surface area contributed by atoms with E-state index in [2.05, 4.69) is 0 Å². The van der Waals surface area contributed by atoms with Crippen LogP contribution in [-0.4, -0.2) is 58.5 Å². The van der Waals surface area contributed by atoms with Crippen molar-refractivity contribution < 1.29 is 24.5 Å². The number of aliphatic carboxylic acids is 1. The molecule has 0 aromatic heterocycles. The van der Waals surface area contributed by atoms with Crippen molar-refractivity contribution in [3.05, 3.63) is 0 Å². The van der Waals surface area contributed by atoms with Gasteiger partial charge in [0.15, 0.2) is 0 Å². The molecule has 0 spiro atoms. The van der Waals surface area contributed by atoms with Crippen molar-refractivity contribution in [2.24, 2.45) is 11.1 Å². The Morgan fingerprint density at radius 1 is 1.43 bits per heavy atom. The van der Waals surface area contributed by atoms with Crippen molar-refractivity contribution >= 4 is 12.1 Å². The number of amides is 1. The number of piperidine rings is 1. The van der Waals surface area contributed by atoms with Crippen molar-refractivity contribution in [3.8, 4) is 0 Å². The molecule has 0 aromatic carbocycles. The second kappa shape index (κ2) is 6.62. The number of ether oxygens (including phenoxy) is 1. The highest BCUT2D eigenvalue weighted by molar-refractivity contribution is 5.77. The molecule has 1 saturated heterocycles. The number of carbonyl (C=O) groups is 2. The monoisotopic (exact) mass is 302 g/mol. The van der Waals surface area contributed by atoms with E-state index >= 15 is 0 Å². The van der Waals surface area contributed by atoms with Gasteiger partial charge >= 0.3 is 12.1 Å². The molecule has 0 saturated carbocycles. The van der Waals surface area contributed by atoms with E-state index in [1.807, 2.05) is 0 Å². The Morgan fingerprint density at radius 2 is 2.05 bits per heavy atom. The molecule has 21 heavy (non-hydrogen) atoms. The molecular weight excluding hydrogens is 276 g/mol. The molecule has 1 heterocycles. The lowest BCUT2D eigenvalue weighted by Crippen LogP contribution is -2.52. The van der Waals surface area contributed by atoms with Crippen LogP contribution >= 0.6 is 0 Å². The molecule has 1 aliphatic rings. The van der Waals surface area contributed by atoms with E-state index in [-0.39, 0.29) is 19.5 Å². The third-order valence-corrected chi connectivity index (χ3v) is 3.58. The summed E-state index contributed by atoms with van der Waals surface area (Å²) in [5.41, 5.74) is 3.59. The van der Waals surface area contributed by atoms with E-state index in [4.69, 9.17) is 10.5 Å². The van der Waals surface area contributed by atoms with E-state index in [0.717, 1.165) is 0 Å². The van der Waals surface area contributed by atoms with Gasteiger partial charge in [-0.05, 0) is 40.0 Å². The van der Waals surface area contributed by atoms with Crippen LogP contribution in [0.15, 0.2) is 0 Å². The predicted molar refractivity (Wildman–Crippen MR) is 76.8 cm³/mol. The van der Waals surface area contributed by atoms with Crippen molar-refractivity contribution in [1.82, 2.24) is 4.90 Å². The van der Waals surface area contributed by atoms with Crippen LogP contribution in [-0.2, 0) is 9.53 Å². The zero-order chi connectivity index (χ0) is 16.3. The van der Waals surface area contributed by atoms with Crippen LogP contribution in [0.2, 0.25) is 0 Å². The maximum atomic E-state index is 12.1. The molecule has 1 fully saturated rings. The highest BCUT2D eigenvalue weighted by atomic mass is 16.6. The average Bonchev–Trinajstić information content (AvgIpc) is 2.36. The van der Waals surface area contributed by atoms with Gasteiger partial charge in [0.25, 0.3) is 0 Å². The first-order valence-corrected chi connectivity index (χ1v) is 7.19. The minimum absolute atomic E-state index is 0.00146. The zero-order valence-corrected chi connectivity index (χ0v) is 13.0. The van der Waals surface area contributed by atoms with Crippen LogP contribution in [0.1, 0.15) is 40.0 Å². The molecule has 0 unspecified atom stereocenters. The summed E-state index contributed by atoms with van der Waals surface area (Å²) >= 11 is 0. The van der Waals surface area contributed by atoms with Crippen LogP contribution in [0.4, 0.5) is 4.79 Å². The minimum Gasteiger partial charge on any atom is -0.481 e. The van der Waals surface area contributed by atoms with Gasteiger partial charge in [0.1, 0.15) is 5.60 Å². The number of aliphatic hydroxyl groups excluding tert-OH is 1. The Bertz CT molecular complexity index is 393. The zero-order valence-electron chi connectivity index (χ0n) is 13.0. The number of nitrogens with two attached hydrogens (primary N) is 1. The van der Waals surface area contributed by atoms with E-state index in [0.29, 0.717) is 19.4 Å². The van der Waals surface area contributed by atoms with Gasteiger partial charge in [-0.2, -0.15) is 0 Å². The van der Waals surface area contributed by atoms with Crippen LogP contribution in [0.25, 0.3) is 0 Å². The molecule has 1 amide bonds. The summed E-state index contributed by atoms with van der Waals surface area (Å²) in [6, 6.07) is 0. The third-order valence-electron chi connectivity index (χ3n) is 3.58. The topological polar surface area (TPSA) is 113 Å². The first-order chi connectivity index (χ1) is 9.59. The number of aliphatic hydroxyl groups is 1. The van der Waals surface area contributed by atoms with Crippen molar-refractivity contribution in [2.45, 2.75) is 51.7 Å². The smallest absolute Gasteiger partial charge is 0.410 e. The van der Waals surface area contributed by atoms with Crippen molar-refractivity contribution in [3.63, 3.8) is 0 Å². The number of carboxylic acids is 1. The van der Waals surface area contributed by atoms with Crippen LogP contribution in [0.5, 0.6) is 0 Å². The molecule has 0 aromatic rings. The first kappa shape index (κ1) is 17.7. The summed E-state index contributed by atoms with van der Waals surface area (Å²) in [6.45, 7) is 5.78. The minimum atomic E-state index is -1.16. The molecule has 2 atom stereocenters. The van der Waals surface area contributed by atoms with Crippen molar-refractivity contribution in [1.29, 1.82) is 0 Å². The second-order valence-electron chi connectivity index (χ2n) is 6.68. The van der Waals surface area contributed by atoms with Gasteiger partial charge < -0.3 is 25.6 Å². The molecule has 7 heteroatoms. The Hall–Kier alpha value is -1.34. The summed E-state index contributed by atoms with van der Waals surface area (Å²) in [5.74, 6) is -1.01. The van der Waals surface area contributed by atoms with Gasteiger partial charge in [-0.15, -0.1) is 0 Å². The largest absolute Gasteiger partial charge is 0.481 e. The summed E-state index contributed by atoms with van der Waals surface area (Å²) in [7, 11) is 0. The van der Waals surface area contributed by atoms with Gasteiger partial charge in [-0.3, -0.25) is 4.79 Å². The lowest BCUT2D eigenvalue weighted by molar-refractivity contribution is -0.154. The molecule has 0 radical (unpaired) electrons. The van der Waals surface area contributed by atoms with Gasteiger partial charge in [-0.25, -0.2) is 4.79 Å². The Kier molecular flexibility index (Phi) is 5.58. The van der Waals surface area contributed by atoms with E-state index in [1.165, 1.54) is 4.90 Å². The number of likely N-dealkylation sites (tertiary alicyclic amines) is 1. The lowest BCUT2D eigenvalue weighted by Gasteiger charge is -2.41. The molecule has 1 aliphatic heterocycles. The number of carbonyl (C=O) groups excluding carboxylic acids is 1. The average molecular weight is 302 g/mol. The van der Waals surface area contributed by atoms with Crippen LogP contribution < -0.4 is 5.73 Å².